The SMILES string of the molecule is COc1ccc(S(=O)(=O)N(CC(=O)NCCOc2ccccc2)c2ccc(C)cc2)cc1Br. The van der Waals surface area contributed by atoms with Gasteiger partial charge in [-0.05, 0) is 65.3 Å². The summed E-state index contributed by atoms with van der Waals surface area (Å²) in [5, 5.41) is 2.72. The molecular weight excluding hydrogens is 508 g/mol. The van der Waals surface area contributed by atoms with Crippen molar-refractivity contribution in [3.8, 4) is 11.5 Å². The molecule has 3 aromatic rings. The zero-order chi connectivity index (χ0) is 23.8. The van der Waals surface area contributed by atoms with E-state index in [2.05, 4.69) is 21.2 Å². The predicted molar refractivity (Wildman–Crippen MR) is 131 cm³/mol. The Morgan fingerprint density at radius 1 is 1.03 bits per heavy atom. The second-order valence-electron chi connectivity index (χ2n) is 7.16. The van der Waals surface area contributed by atoms with Gasteiger partial charge in [0.15, 0.2) is 0 Å². The number of nitrogens with zero attached hydrogens (tertiary/aromatic N) is 1. The number of amides is 1. The molecule has 0 bridgehead atoms. The van der Waals surface area contributed by atoms with Gasteiger partial charge in [0.2, 0.25) is 5.91 Å². The van der Waals surface area contributed by atoms with E-state index in [9.17, 15) is 13.2 Å². The van der Waals surface area contributed by atoms with Crippen LogP contribution in [0.2, 0.25) is 0 Å². The zero-order valence-electron chi connectivity index (χ0n) is 18.3. The van der Waals surface area contributed by atoms with Gasteiger partial charge in [-0.2, -0.15) is 0 Å². The highest BCUT2D eigenvalue weighted by atomic mass is 79.9. The van der Waals surface area contributed by atoms with Crippen molar-refractivity contribution in [1.82, 2.24) is 5.32 Å². The second kappa shape index (κ2) is 11.2. The Morgan fingerprint density at radius 2 is 1.73 bits per heavy atom. The van der Waals surface area contributed by atoms with Gasteiger partial charge in [-0.15, -0.1) is 0 Å². The van der Waals surface area contributed by atoms with Crippen LogP contribution in [0.25, 0.3) is 0 Å². The largest absolute Gasteiger partial charge is 0.496 e. The molecule has 0 aliphatic rings. The van der Waals surface area contributed by atoms with Crippen LogP contribution in [-0.2, 0) is 14.8 Å². The zero-order valence-corrected chi connectivity index (χ0v) is 20.7. The maximum absolute atomic E-state index is 13.5. The number of nitrogens with one attached hydrogen (secondary N) is 1. The van der Waals surface area contributed by atoms with Crippen molar-refractivity contribution in [1.29, 1.82) is 0 Å². The number of carbonyl (C=O) groups is 1. The number of aryl methyl sites for hydroxylation is 1. The summed E-state index contributed by atoms with van der Waals surface area (Å²) < 4.78 is 39.3. The number of halogens is 1. The molecule has 0 aromatic heterocycles. The number of hydrogen-bond acceptors (Lipinski definition) is 5. The number of rotatable bonds is 10. The number of carbonyl (C=O) groups excluding carboxylic acids is 1. The Kier molecular flexibility index (Phi) is 8.35. The fourth-order valence-electron chi connectivity index (χ4n) is 3.02. The first-order chi connectivity index (χ1) is 15.8. The Morgan fingerprint density at radius 3 is 2.36 bits per heavy atom. The number of sulfonamides is 1. The Balaban J connectivity index is 1.76. The lowest BCUT2D eigenvalue weighted by atomic mass is 10.2. The van der Waals surface area contributed by atoms with Crippen molar-refractivity contribution in [3.63, 3.8) is 0 Å². The molecule has 0 aliphatic heterocycles. The second-order valence-corrected chi connectivity index (χ2v) is 9.87. The first kappa shape index (κ1) is 24.6. The Bertz CT molecular complexity index is 1190. The molecule has 3 aromatic carbocycles. The van der Waals surface area contributed by atoms with Gasteiger partial charge in [0.1, 0.15) is 24.7 Å². The smallest absolute Gasteiger partial charge is 0.264 e. The molecule has 0 atom stereocenters. The maximum atomic E-state index is 13.5. The van der Waals surface area contributed by atoms with Gasteiger partial charge in [-0.3, -0.25) is 9.10 Å². The molecular formula is C24H25BrN2O5S. The van der Waals surface area contributed by atoms with E-state index in [0.29, 0.717) is 21.7 Å². The molecule has 9 heteroatoms. The quantitative estimate of drug-likeness (QED) is 0.396. The number of anilines is 1. The van der Waals surface area contributed by atoms with Crippen LogP contribution in [0, 0.1) is 6.92 Å². The van der Waals surface area contributed by atoms with Gasteiger partial charge >= 0.3 is 0 Å². The van der Waals surface area contributed by atoms with Gasteiger partial charge in [0, 0.05) is 0 Å². The third kappa shape index (κ3) is 6.49. The Labute approximate surface area is 202 Å². The fraction of sp³-hybridized carbons (Fsp3) is 0.208. The summed E-state index contributed by atoms with van der Waals surface area (Å²) in [6.07, 6.45) is 0. The number of benzene rings is 3. The summed E-state index contributed by atoms with van der Waals surface area (Å²) in [5.41, 5.74) is 1.37. The lowest BCUT2D eigenvalue weighted by molar-refractivity contribution is -0.119. The summed E-state index contributed by atoms with van der Waals surface area (Å²) >= 11 is 3.33. The first-order valence-corrected chi connectivity index (χ1v) is 12.4. The molecule has 3 rings (SSSR count). The van der Waals surface area contributed by atoms with E-state index in [0.717, 1.165) is 9.87 Å². The van der Waals surface area contributed by atoms with Crippen LogP contribution >= 0.6 is 15.9 Å². The number of para-hydroxylation sites is 1. The number of hydrogen-bond donors (Lipinski definition) is 1. The van der Waals surface area contributed by atoms with Crippen LogP contribution < -0.4 is 19.1 Å². The highest BCUT2D eigenvalue weighted by Crippen LogP contribution is 2.30. The molecule has 33 heavy (non-hydrogen) atoms. The third-order valence-corrected chi connectivity index (χ3v) is 7.15. The minimum atomic E-state index is -4.03. The standard InChI is InChI=1S/C24H25BrN2O5S/c1-18-8-10-19(11-9-18)27(33(29,30)21-12-13-23(31-2)22(25)16-21)17-24(28)26-14-15-32-20-6-4-3-5-7-20/h3-13,16H,14-15,17H2,1-2H3,(H,26,28). The summed E-state index contributed by atoms with van der Waals surface area (Å²) in [7, 11) is -2.53. The highest BCUT2D eigenvalue weighted by molar-refractivity contribution is 9.10. The molecule has 7 nitrogen and oxygen atoms in total. The Hall–Kier alpha value is -3.04. The number of methoxy groups -OCH3 is 1. The molecule has 0 heterocycles. The van der Waals surface area contributed by atoms with E-state index in [-0.39, 0.29) is 24.6 Å². The van der Waals surface area contributed by atoms with E-state index in [1.54, 1.807) is 30.3 Å². The highest BCUT2D eigenvalue weighted by Gasteiger charge is 2.28. The van der Waals surface area contributed by atoms with Gasteiger partial charge in [-0.25, -0.2) is 8.42 Å². The normalized spacial score (nSPS) is 11.0. The molecule has 174 valence electrons. The number of ether oxygens (including phenoxy) is 2. The summed E-state index contributed by atoms with van der Waals surface area (Å²) in [4.78, 5) is 12.7. The van der Waals surface area contributed by atoms with Crippen LogP contribution in [-0.4, -0.2) is 41.1 Å². The van der Waals surface area contributed by atoms with Gasteiger partial charge in [0.25, 0.3) is 10.0 Å². The predicted octanol–water partition coefficient (Wildman–Crippen LogP) is 4.16. The van der Waals surface area contributed by atoms with Crippen LogP contribution in [0.15, 0.2) is 82.2 Å². The van der Waals surface area contributed by atoms with E-state index >= 15 is 0 Å². The van der Waals surface area contributed by atoms with Crippen molar-refractivity contribution < 1.29 is 22.7 Å². The van der Waals surface area contributed by atoms with E-state index in [1.807, 2.05) is 37.3 Å². The average molecular weight is 533 g/mol. The van der Waals surface area contributed by atoms with E-state index in [4.69, 9.17) is 9.47 Å². The summed E-state index contributed by atoms with van der Waals surface area (Å²) in [5.74, 6) is 0.760. The van der Waals surface area contributed by atoms with Crippen LogP contribution in [0.3, 0.4) is 0 Å². The van der Waals surface area contributed by atoms with E-state index < -0.39 is 15.9 Å². The van der Waals surface area contributed by atoms with Gasteiger partial charge in [0.05, 0.1) is 28.7 Å². The lowest BCUT2D eigenvalue weighted by Gasteiger charge is -2.24. The van der Waals surface area contributed by atoms with Crippen LogP contribution in [0.5, 0.6) is 11.5 Å². The van der Waals surface area contributed by atoms with Crippen molar-refractivity contribution in [2.24, 2.45) is 0 Å². The summed E-state index contributed by atoms with van der Waals surface area (Å²) in [6.45, 7) is 2.03. The van der Waals surface area contributed by atoms with Crippen molar-refractivity contribution in [3.05, 3.63) is 82.8 Å². The first-order valence-electron chi connectivity index (χ1n) is 10.2. The monoisotopic (exact) mass is 532 g/mol. The minimum absolute atomic E-state index is 0.0379. The topological polar surface area (TPSA) is 84.9 Å². The summed E-state index contributed by atoms with van der Waals surface area (Å²) in [6, 6.07) is 20.7. The molecule has 0 radical (unpaired) electrons. The van der Waals surface area contributed by atoms with Crippen molar-refractivity contribution >= 4 is 37.5 Å². The molecule has 0 saturated heterocycles. The van der Waals surface area contributed by atoms with Crippen LogP contribution in [0.1, 0.15) is 5.56 Å². The third-order valence-electron chi connectivity index (χ3n) is 4.76. The molecule has 0 aliphatic carbocycles. The van der Waals surface area contributed by atoms with Gasteiger partial charge in [-0.1, -0.05) is 35.9 Å². The minimum Gasteiger partial charge on any atom is -0.496 e. The van der Waals surface area contributed by atoms with Gasteiger partial charge < -0.3 is 14.8 Å². The maximum Gasteiger partial charge on any atom is 0.264 e. The van der Waals surface area contributed by atoms with E-state index in [1.165, 1.54) is 19.2 Å². The molecule has 0 saturated carbocycles. The lowest BCUT2D eigenvalue weighted by Crippen LogP contribution is -2.41. The molecule has 0 fully saturated rings. The van der Waals surface area contributed by atoms with Crippen LogP contribution in [0.4, 0.5) is 5.69 Å². The average Bonchev–Trinajstić information content (AvgIpc) is 2.81. The molecule has 0 unspecified atom stereocenters. The fourth-order valence-corrected chi connectivity index (χ4v) is 5.16. The van der Waals surface area contributed by atoms with Crippen molar-refractivity contribution in [2.75, 3.05) is 31.1 Å². The molecule has 1 amide bonds. The molecule has 0 spiro atoms. The van der Waals surface area contributed by atoms with Crippen molar-refractivity contribution in [2.45, 2.75) is 11.8 Å². The molecule has 1 N–H and O–H groups in total.